The zero-order chi connectivity index (χ0) is 15.5. The van der Waals surface area contributed by atoms with Crippen molar-refractivity contribution in [3.05, 3.63) is 60.2 Å². The molecule has 0 amide bonds. The fourth-order valence-electron chi connectivity index (χ4n) is 2.16. The second kappa shape index (κ2) is 5.66. The molecule has 0 fully saturated rings. The number of aromatic nitrogens is 3. The molecular weight excluding hydrogens is 281 g/mol. The van der Waals surface area contributed by atoms with Crippen LogP contribution < -0.4 is 5.32 Å². The maximum Gasteiger partial charge on any atom is 0.148 e. The summed E-state index contributed by atoms with van der Waals surface area (Å²) in [5.41, 5.74) is 2.20. The minimum atomic E-state index is -0.548. The molecule has 0 aliphatic rings. The van der Waals surface area contributed by atoms with E-state index in [1.807, 2.05) is 24.3 Å². The molecule has 22 heavy (non-hydrogen) atoms. The van der Waals surface area contributed by atoms with Gasteiger partial charge in [0.05, 0.1) is 16.9 Å². The molecule has 0 saturated carbocycles. The van der Waals surface area contributed by atoms with Gasteiger partial charge in [0, 0.05) is 31.1 Å². The number of anilines is 1. The largest absolute Gasteiger partial charge is 0.372 e. The van der Waals surface area contributed by atoms with Gasteiger partial charge in [-0.25, -0.2) is 9.07 Å². The third-order valence-corrected chi connectivity index (χ3v) is 3.26. The lowest BCUT2D eigenvalue weighted by molar-refractivity contribution is 0.624. The molecule has 6 heteroatoms. The number of pyridine rings is 1. The monoisotopic (exact) mass is 293 g/mol. The van der Waals surface area contributed by atoms with Crippen molar-refractivity contribution in [1.29, 1.82) is 5.26 Å². The average Bonchev–Trinajstić information content (AvgIpc) is 3.00. The first-order valence-electron chi connectivity index (χ1n) is 6.61. The number of rotatable bonds is 3. The maximum absolute atomic E-state index is 13.9. The van der Waals surface area contributed by atoms with Gasteiger partial charge in [-0.3, -0.25) is 4.98 Å². The Kier molecular flexibility index (Phi) is 3.54. The molecule has 0 aliphatic carbocycles. The van der Waals surface area contributed by atoms with Crippen LogP contribution in [0.1, 0.15) is 5.56 Å². The van der Waals surface area contributed by atoms with E-state index in [9.17, 15) is 4.39 Å². The molecule has 0 radical (unpaired) electrons. The zero-order valence-corrected chi connectivity index (χ0v) is 11.8. The minimum Gasteiger partial charge on any atom is -0.372 e. The molecule has 5 nitrogen and oxygen atoms in total. The van der Waals surface area contributed by atoms with Crippen LogP contribution in [0.15, 0.2) is 48.8 Å². The van der Waals surface area contributed by atoms with E-state index >= 15 is 0 Å². The highest BCUT2D eigenvalue weighted by Gasteiger charge is 2.13. The van der Waals surface area contributed by atoms with Crippen LogP contribution in [0.25, 0.3) is 16.9 Å². The number of benzene rings is 1. The smallest absolute Gasteiger partial charge is 0.148 e. The zero-order valence-electron chi connectivity index (χ0n) is 11.8. The molecule has 2 aromatic heterocycles. The number of halogens is 1. The standard InChI is InChI=1S/C16H12FN5/c1-19-16-9-15(11-2-3-12(10-18)14(17)8-11)22(21-16)13-4-6-20-7-5-13/h2-9H,1H3,(H,19,21). The summed E-state index contributed by atoms with van der Waals surface area (Å²) in [7, 11) is 1.77. The maximum atomic E-state index is 13.9. The molecule has 2 heterocycles. The molecule has 3 aromatic rings. The fraction of sp³-hybridized carbons (Fsp3) is 0.0625. The quantitative estimate of drug-likeness (QED) is 0.806. The van der Waals surface area contributed by atoms with Crippen molar-refractivity contribution in [1.82, 2.24) is 14.8 Å². The predicted molar refractivity (Wildman–Crippen MR) is 81.0 cm³/mol. The lowest BCUT2D eigenvalue weighted by Crippen LogP contribution is -2.00. The van der Waals surface area contributed by atoms with Crippen LogP contribution in [0.2, 0.25) is 0 Å². The van der Waals surface area contributed by atoms with E-state index in [2.05, 4.69) is 15.4 Å². The van der Waals surface area contributed by atoms with Gasteiger partial charge in [-0.2, -0.15) is 5.26 Å². The number of nitriles is 1. The summed E-state index contributed by atoms with van der Waals surface area (Å²) in [6, 6.07) is 11.8. The van der Waals surface area contributed by atoms with Crippen molar-refractivity contribution in [3.63, 3.8) is 0 Å². The van der Waals surface area contributed by atoms with Gasteiger partial charge in [-0.15, -0.1) is 5.10 Å². The van der Waals surface area contributed by atoms with Crippen molar-refractivity contribution in [3.8, 4) is 23.0 Å². The average molecular weight is 293 g/mol. The fourth-order valence-corrected chi connectivity index (χ4v) is 2.16. The Morgan fingerprint density at radius 3 is 2.59 bits per heavy atom. The normalized spacial score (nSPS) is 10.2. The number of hydrogen-bond donors (Lipinski definition) is 1. The summed E-state index contributed by atoms with van der Waals surface area (Å²) >= 11 is 0. The molecule has 0 spiro atoms. The third kappa shape index (κ3) is 2.40. The Bertz CT molecular complexity index is 849. The summed E-state index contributed by atoms with van der Waals surface area (Å²) in [6.45, 7) is 0. The van der Waals surface area contributed by atoms with E-state index in [-0.39, 0.29) is 5.56 Å². The first kappa shape index (κ1) is 13.8. The van der Waals surface area contributed by atoms with Crippen molar-refractivity contribution in [2.75, 3.05) is 12.4 Å². The Hall–Kier alpha value is -3.20. The van der Waals surface area contributed by atoms with Gasteiger partial charge in [-0.1, -0.05) is 6.07 Å². The Labute approximate surface area is 126 Å². The van der Waals surface area contributed by atoms with Crippen LogP contribution in [-0.4, -0.2) is 21.8 Å². The lowest BCUT2D eigenvalue weighted by atomic mass is 10.1. The molecule has 1 aromatic carbocycles. The highest BCUT2D eigenvalue weighted by molar-refractivity contribution is 5.66. The number of nitrogens with one attached hydrogen (secondary N) is 1. The summed E-state index contributed by atoms with van der Waals surface area (Å²) in [5.74, 6) is 0.116. The van der Waals surface area contributed by atoms with Gasteiger partial charge in [0.2, 0.25) is 0 Å². The van der Waals surface area contributed by atoms with E-state index in [1.54, 1.807) is 30.2 Å². The SMILES string of the molecule is CNc1cc(-c2ccc(C#N)c(F)c2)n(-c2ccncc2)n1. The van der Waals surface area contributed by atoms with Crippen LogP contribution in [-0.2, 0) is 0 Å². The van der Waals surface area contributed by atoms with Crippen LogP contribution in [0, 0.1) is 17.1 Å². The van der Waals surface area contributed by atoms with Crippen molar-refractivity contribution in [2.45, 2.75) is 0 Å². The molecule has 0 atom stereocenters. The Morgan fingerprint density at radius 2 is 1.95 bits per heavy atom. The predicted octanol–water partition coefficient (Wildman–Crippen LogP) is 2.99. The van der Waals surface area contributed by atoms with Crippen molar-refractivity contribution >= 4 is 5.82 Å². The highest BCUT2D eigenvalue weighted by Crippen LogP contribution is 2.27. The second-order valence-corrected chi connectivity index (χ2v) is 4.59. The van der Waals surface area contributed by atoms with E-state index < -0.39 is 5.82 Å². The molecule has 0 unspecified atom stereocenters. The second-order valence-electron chi connectivity index (χ2n) is 4.59. The van der Waals surface area contributed by atoms with Gasteiger partial charge in [0.1, 0.15) is 17.7 Å². The summed E-state index contributed by atoms with van der Waals surface area (Å²) in [6.07, 6.45) is 3.33. The minimum absolute atomic E-state index is 0.0209. The van der Waals surface area contributed by atoms with Crippen LogP contribution >= 0.6 is 0 Å². The van der Waals surface area contributed by atoms with E-state index in [4.69, 9.17) is 5.26 Å². The highest BCUT2D eigenvalue weighted by atomic mass is 19.1. The van der Waals surface area contributed by atoms with Gasteiger partial charge in [0.25, 0.3) is 0 Å². The molecule has 0 saturated heterocycles. The van der Waals surface area contributed by atoms with Crippen molar-refractivity contribution in [2.24, 2.45) is 0 Å². The molecule has 3 rings (SSSR count). The molecule has 1 N–H and O–H groups in total. The first-order valence-corrected chi connectivity index (χ1v) is 6.61. The molecule has 0 bridgehead atoms. The topological polar surface area (TPSA) is 66.5 Å². The molecule has 0 aliphatic heterocycles. The van der Waals surface area contributed by atoms with Gasteiger partial charge in [0.15, 0.2) is 0 Å². The van der Waals surface area contributed by atoms with Crippen LogP contribution in [0.5, 0.6) is 0 Å². The van der Waals surface area contributed by atoms with Gasteiger partial charge < -0.3 is 5.32 Å². The number of nitrogens with zero attached hydrogens (tertiary/aromatic N) is 4. The van der Waals surface area contributed by atoms with Crippen LogP contribution in [0.3, 0.4) is 0 Å². The summed E-state index contributed by atoms with van der Waals surface area (Å²) in [4.78, 5) is 3.98. The van der Waals surface area contributed by atoms with Crippen molar-refractivity contribution < 1.29 is 4.39 Å². The Balaban J connectivity index is 2.17. The lowest BCUT2D eigenvalue weighted by Gasteiger charge is -2.07. The molecular formula is C16H12FN5. The third-order valence-electron chi connectivity index (χ3n) is 3.26. The van der Waals surface area contributed by atoms with Gasteiger partial charge in [-0.05, 0) is 24.3 Å². The van der Waals surface area contributed by atoms with E-state index in [0.29, 0.717) is 11.4 Å². The van der Waals surface area contributed by atoms with Gasteiger partial charge >= 0.3 is 0 Å². The van der Waals surface area contributed by atoms with E-state index in [1.165, 1.54) is 12.1 Å². The summed E-state index contributed by atoms with van der Waals surface area (Å²) < 4.78 is 15.6. The first-order chi connectivity index (χ1) is 10.7. The Morgan fingerprint density at radius 1 is 1.18 bits per heavy atom. The molecule has 108 valence electrons. The number of hydrogen-bond acceptors (Lipinski definition) is 4. The van der Waals surface area contributed by atoms with E-state index in [0.717, 1.165) is 11.4 Å². The van der Waals surface area contributed by atoms with Crippen LogP contribution in [0.4, 0.5) is 10.2 Å². The summed E-state index contributed by atoms with van der Waals surface area (Å²) in [5, 5.41) is 16.2.